The van der Waals surface area contributed by atoms with Gasteiger partial charge in [0.25, 0.3) is 0 Å². The highest BCUT2D eigenvalue weighted by Crippen LogP contribution is 2.26. The third-order valence-electron chi connectivity index (χ3n) is 3.34. The first kappa shape index (κ1) is 14.7. The predicted octanol–water partition coefficient (Wildman–Crippen LogP) is 5.77. The number of fused-ring (bicyclic) bond motifs is 1. The van der Waals surface area contributed by atoms with Gasteiger partial charge < -0.3 is 4.98 Å². The number of aromatic nitrogens is 2. The topological polar surface area (TPSA) is 28.7 Å². The monoisotopic (exact) mass is 298 g/mol. The molecule has 4 heteroatoms. The minimum Gasteiger partial charge on any atom is -0.342 e. The van der Waals surface area contributed by atoms with Crippen molar-refractivity contribution in [2.45, 2.75) is 51.9 Å². The number of nitrogens with one attached hydrogen (secondary N) is 1. The summed E-state index contributed by atoms with van der Waals surface area (Å²) in [5.74, 6) is 1.03. The molecule has 0 aliphatic carbocycles. The number of nitrogens with zero attached hydrogens (tertiary/aromatic N) is 1. The summed E-state index contributed by atoms with van der Waals surface area (Å²) in [5, 5.41) is 1.13. The van der Waals surface area contributed by atoms with E-state index in [1.165, 1.54) is 38.5 Å². The van der Waals surface area contributed by atoms with E-state index in [2.05, 4.69) is 16.9 Å². The molecule has 0 amide bonds. The Hall–Kier alpha value is -0.730. The summed E-state index contributed by atoms with van der Waals surface area (Å²) in [6.07, 6.45) is 8.78. The van der Waals surface area contributed by atoms with Crippen LogP contribution in [-0.2, 0) is 6.42 Å². The van der Waals surface area contributed by atoms with Crippen molar-refractivity contribution in [3.05, 3.63) is 28.0 Å². The van der Waals surface area contributed by atoms with Crippen molar-refractivity contribution in [3.63, 3.8) is 0 Å². The molecule has 2 rings (SSSR count). The molecule has 104 valence electrons. The lowest BCUT2D eigenvalue weighted by atomic mass is 10.1. The maximum atomic E-state index is 5.99. The van der Waals surface area contributed by atoms with Gasteiger partial charge in [-0.05, 0) is 18.6 Å². The Morgan fingerprint density at radius 3 is 2.47 bits per heavy atom. The van der Waals surface area contributed by atoms with Crippen LogP contribution in [0.3, 0.4) is 0 Å². The minimum absolute atomic E-state index is 0.562. The Balaban J connectivity index is 1.87. The highest BCUT2D eigenvalue weighted by Gasteiger charge is 2.06. The fraction of sp³-hybridized carbons (Fsp3) is 0.533. The fourth-order valence-corrected chi connectivity index (χ4v) is 2.57. The van der Waals surface area contributed by atoms with Gasteiger partial charge in [-0.1, -0.05) is 62.2 Å². The van der Waals surface area contributed by atoms with Gasteiger partial charge in [0, 0.05) is 6.42 Å². The molecular formula is C15H20Cl2N2. The fourth-order valence-electron chi connectivity index (χ4n) is 2.25. The van der Waals surface area contributed by atoms with Crippen LogP contribution in [0.25, 0.3) is 11.0 Å². The van der Waals surface area contributed by atoms with E-state index in [1.807, 2.05) is 12.1 Å². The Kier molecular flexibility index (Phi) is 5.53. The number of halogens is 2. The molecule has 0 aliphatic rings. The summed E-state index contributed by atoms with van der Waals surface area (Å²) in [5.41, 5.74) is 1.87. The molecule has 1 aromatic carbocycles. The molecule has 0 aliphatic heterocycles. The second kappa shape index (κ2) is 7.16. The van der Waals surface area contributed by atoms with Crippen LogP contribution in [0.4, 0.5) is 0 Å². The molecule has 0 saturated heterocycles. The summed E-state index contributed by atoms with van der Waals surface area (Å²) in [4.78, 5) is 7.86. The van der Waals surface area contributed by atoms with Crippen molar-refractivity contribution in [3.8, 4) is 0 Å². The van der Waals surface area contributed by atoms with E-state index in [1.54, 1.807) is 0 Å². The van der Waals surface area contributed by atoms with Gasteiger partial charge in [-0.2, -0.15) is 0 Å². The predicted molar refractivity (Wildman–Crippen MR) is 83.2 cm³/mol. The molecule has 0 bridgehead atoms. The summed E-state index contributed by atoms with van der Waals surface area (Å²) < 4.78 is 0. The van der Waals surface area contributed by atoms with Gasteiger partial charge in [-0.15, -0.1) is 0 Å². The Labute approximate surface area is 124 Å². The second-order valence-electron chi connectivity index (χ2n) is 4.98. The number of H-pyrrole nitrogens is 1. The maximum Gasteiger partial charge on any atom is 0.107 e. The SMILES string of the molecule is CCCCCCCCc1nc2cc(Cl)c(Cl)cc2[nH]1. The summed E-state index contributed by atoms with van der Waals surface area (Å²) >= 11 is 12.0. The number of aromatic amines is 1. The van der Waals surface area contributed by atoms with E-state index >= 15 is 0 Å². The molecule has 0 radical (unpaired) electrons. The molecule has 1 heterocycles. The average molecular weight is 299 g/mol. The second-order valence-corrected chi connectivity index (χ2v) is 5.80. The van der Waals surface area contributed by atoms with Crippen molar-refractivity contribution in [2.24, 2.45) is 0 Å². The maximum absolute atomic E-state index is 5.99. The number of hydrogen-bond acceptors (Lipinski definition) is 1. The summed E-state index contributed by atoms with van der Waals surface area (Å²) in [6, 6.07) is 3.66. The molecule has 0 unspecified atom stereocenters. The molecule has 0 fully saturated rings. The third-order valence-corrected chi connectivity index (χ3v) is 4.06. The van der Waals surface area contributed by atoms with Gasteiger partial charge in [0.05, 0.1) is 21.1 Å². The van der Waals surface area contributed by atoms with Crippen LogP contribution in [0.2, 0.25) is 10.0 Å². The minimum atomic E-state index is 0.562. The standard InChI is InChI=1S/C15H20Cl2N2/c1-2-3-4-5-6-7-8-15-18-13-9-11(16)12(17)10-14(13)19-15/h9-10H,2-8H2,1H3,(H,18,19). The Morgan fingerprint density at radius 1 is 1.00 bits per heavy atom. The van der Waals surface area contributed by atoms with Gasteiger partial charge in [0.15, 0.2) is 0 Å². The molecule has 2 nitrogen and oxygen atoms in total. The summed E-state index contributed by atoms with van der Waals surface area (Å²) in [6.45, 7) is 2.24. The summed E-state index contributed by atoms with van der Waals surface area (Å²) in [7, 11) is 0. The molecule has 0 atom stereocenters. The molecule has 1 N–H and O–H groups in total. The number of rotatable bonds is 7. The van der Waals surface area contributed by atoms with E-state index in [-0.39, 0.29) is 0 Å². The first-order chi connectivity index (χ1) is 9.20. The molecule has 19 heavy (non-hydrogen) atoms. The van der Waals surface area contributed by atoms with E-state index in [4.69, 9.17) is 23.2 Å². The zero-order valence-electron chi connectivity index (χ0n) is 11.3. The van der Waals surface area contributed by atoms with Crippen molar-refractivity contribution in [2.75, 3.05) is 0 Å². The van der Waals surface area contributed by atoms with Gasteiger partial charge >= 0.3 is 0 Å². The lowest BCUT2D eigenvalue weighted by Crippen LogP contribution is -1.88. The quantitative estimate of drug-likeness (QED) is 0.646. The Bertz CT molecular complexity index is 495. The Morgan fingerprint density at radius 2 is 1.68 bits per heavy atom. The van der Waals surface area contributed by atoms with Crippen molar-refractivity contribution < 1.29 is 0 Å². The van der Waals surface area contributed by atoms with Crippen LogP contribution in [0.5, 0.6) is 0 Å². The van der Waals surface area contributed by atoms with Crippen LogP contribution in [0, 0.1) is 0 Å². The molecule has 1 aromatic heterocycles. The first-order valence-corrected chi connectivity index (χ1v) is 7.80. The number of benzene rings is 1. The number of imidazole rings is 1. The van der Waals surface area contributed by atoms with Crippen LogP contribution >= 0.6 is 23.2 Å². The molecule has 2 aromatic rings. The zero-order valence-corrected chi connectivity index (χ0v) is 12.8. The normalized spacial score (nSPS) is 11.3. The van der Waals surface area contributed by atoms with Gasteiger partial charge in [-0.3, -0.25) is 0 Å². The highest BCUT2D eigenvalue weighted by molar-refractivity contribution is 6.42. The number of unbranched alkanes of at least 4 members (excludes halogenated alkanes) is 5. The van der Waals surface area contributed by atoms with Crippen molar-refractivity contribution in [1.29, 1.82) is 0 Å². The largest absolute Gasteiger partial charge is 0.342 e. The van der Waals surface area contributed by atoms with Crippen LogP contribution in [-0.4, -0.2) is 9.97 Å². The highest BCUT2D eigenvalue weighted by atomic mass is 35.5. The van der Waals surface area contributed by atoms with Gasteiger partial charge in [0.2, 0.25) is 0 Å². The van der Waals surface area contributed by atoms with Crippen LogP contribution in [0.15, 0.2) is 12.1 Å². The van der Waals surface area contributed by atoms with Gasteiger partial charge in [-0.25, -0.2) is 4.98 Å². The van der Waals surface area contributed by atoms with Crippen molar-refractivity contribution in [1.82, 2.24) is 9.97 Å². The molecule has 0 saturated carbocycles. The third kappa shape index (κ3) is 4.12. The van der Waals surface area contributed by atoms with Crippen LogP contribution in [0.1, 0.15) is 51.3 Å². The first-order valence-electron chi connectivity index (χ1n) is 7.04. The smallest absolute Gasteiger partial charge is 0.107 e. The zero-order chi connectivity index (χ0) is 13.7. The number of aryl methyl sites for hydroxylation is 1. The van der Waals surface area contributed by atoms with E-state index < -0.39 is 0 Å². The molecule has 0 spiro atoms. The lowest BCUT2D eigenvalue weighted by molar-refractivity contribution is 0.602. The van der Waals surface area contributed by atoms with Gasteiger partial charge in [0.1, 0.15) is 5.82 Å². The lowest BCUT2D eigenvalue weighted by Gasteiger charge is -1.98. The van der Waals surface area contributed by atoms with Crippen molar-refractivity contribution >= 4 is 34.2 Å². The van der Waals surface area contributed by atoms with Crippen LogP contribution < -0.4 is 0 Å². The molecular weight excluding hydrogens is 279 g/mol. The average Bonchev–Trinajstić information content (AvgIpc) is 2.76. The van der Waals surface area contributed by atoms with E-state index in [0.29, 0.717) is 10.0 Å². The van der Waals surface area contributed by atoms with E-state index in [9.17, 15) is 0 Å². The number of hydrogen-bond donors (Lipinski definition) is 1. The van der Waals surface area contributed by atoms with E-state index in [0.717, 1.165) is 23.3 Å².